The fourth-order valence-corrected chi connectivity index (χ4v) is 4.91. The number of ketones is 1. The number of nitrogens with zero attached hydrogens (tertiary/aromatic N) is 1. The summed E-state index contributed by atoms with van der Waals surface area (Å²) in [5, 5.41) is 3.55. The second-order valence-electron chi connectivity index (χ2n) is 6.94. The number of anilines is 3. The van der Waals surface area contributed by atoms with E-state index in [1.54, 1.807) is 49.4 Å². The van der Waals surface area contributed by atoms with Crippen LogP contribution >= 0.6 is 11.3 Å². The molecule has 6 nitrogen and oxygen atoms in total. The van der Waals surface area contributed by atoms with Crippen LogP contribution in [0.2, 0.25) is 0 Å². The van der Waals surface area contributed by atoms with Crippen molar-refractivity contribution in [2.75, 3.05) is 10.0 Å². The zero-order valence-electron chi connectivity index (χ0n) is 16.9. The second-order valence-corrected chi connectivity index (χ2v) is 9.66. The van der Waals surface area contributed by atoms with E-state index in [9.17, 15) is 17.6 Å². The van der Waals surface area contributed by atoms with Gasteiger partial charge >= 0.3 is 0 Å². The van der Waals surface area contributed by atoms with E-state index in [0.29, 0.717) is 32.5 Å². The first-order valence-electron chi connectivity index (χ1n) is 9.53. The summed E-state index contributed by atoms with van der Waals surface area (Å²) in [6.45, 7) is 1.68. The van der Waals surface area contributed by atoms with Crippen molar-refractivity contribution in [2.45, 2.75) is 11.8 Å². The average Bonchev–Trinajstić information content (AvgIpc) is 3.22. The van der Waals surface area contributed by atoms with Gasteiger partial charge in [-0.3, -0.25) is 9.52 Å². The molecule has 32 heavy (non-hydrogen) atoms. The van der Waals surface area contributed by atoms with E-state index >= 15 is 0 Å². The molecule has 3 aromatic carbocycles. The van der Waals surface area contributed by atoms with Crippen LogP contribution < -0.4 is 10.0 Å². The number of hydrogen-bond donors (Lipinski definition) is 2. The standard InChI is InChI=1S/C23H18FN3O3S2/c1-15-12-16(24)10-11-20(15)22(28)21-14-25-23(31-21)26-17-6-5-7-18(13-17)27-32(29,30)19-8-3-2-4-9-19/h2-14,27H,1H3,(H,25,26). The average molecular weight is 468 g/mol. The van der Waals surface area contributed by atoms with E-state index in [1.165, 1.54) is 36.5 Å². The van der Waals surface area contributed by atoms with Crippen LogP contribution in [0, 0.1) is 12.7 Å². The lowest BCUT2D eigenvalue weighted by molar-refractivity contribution is 0.104. The Hall–Kier alpha value is -3.56. The largest absolute Gasteiger partial charge is 0.331 e. The Morgan fingerprint density at radius 2 is 1.72 bits per heavy atom. The number of sulfonamides is 1. The van der Waals surface area contributed by atoms with Gasteiger partial charge in [-0.05, 0) is 61.0 Å². The van der Waals surface area contributed by atoms with E-state index in [2.05, 4.69) is 15.0 Å². The van der Waals surface area contributed by atoms with Crippen LogP contribution in [-0.4, -0.2) is 19.2 Å². The molecule has 0 aliphatic carbocycles. The number of thiazole rings is 1. The highest BCUT2D eigenvalue weighted by atomic mass is 32.2. The van der Waals surface area contributed by atoms with Crippen molar-refractivity contribution >= 4 is 43.6 Å². The molecule has 0 aliphatic heterocycles. The quantitative estimate of drug-likeness (QED) is 0.357. The Labute approximate surface area is 188 Å². The first kappa shape index (κ1) is 21.7. The summed E-state index contributed by atoms with van der Waals surface area (Å²) in [4.78, 5) is 17.5. The molecule has 162 valence electrons. The predicted octanol–water partition coefficient (Wildman–Crippen LogP) is 5.37. The predicted molar refractivity (Wildman–Crippen MR) is 124 cm³/mol. The molecule has 0 amide bonds. The zero-order valence-corrected chi connectivity index (χ0v) is 18.5. The first-order chi connectivity index (χ1) is 15.3. The number of rotatable bonds is 7. The van der Waals surface area contributed by atoms with Gasteiger partial charge in [0.25, 0.3) is 10.0 Å². The second kappa shape index (κ2) is 8.89. The fraction of sp³-hybridized carbons (Fsp3) is 0.0435. The Morgan fingerprint density at radius 1 is 0.969 bits per heavy atom. The summed E-state index contributed by atoms with van der Waals surface area (Å²) >= 11 is 1.16. The normalized spacial score (nSPS) is 11.2. The molecule has 4 rings (SSSR count). The summed E-state index contributed by atoms with van der Waals surface area (Å²) in [6.07, 6.45) is 1.46. The van der Waals surface area contributed by atoms with Crippen molar-refractivity contribution in [3.8, 4) is 0 Å². The van der Waals surface area contributed by atoms with E-state index in [0.717, 1.165) is 11.3 Å². The monoisotopic (exact) mass is 467 g/mol. The highest BCUT2D eigenvalue weighted by molar-refractivity contribution is 7.92. The molecule has 0 saturated heterocycles. The van der Waals surface area contributed by atoms with Gasteiger partial charge in [0, 0.05) is 11.3 Å². The lowest BCUT2D eigenvalue weighted by Gasteiger charge is -2.10. The fourth-order valence-electron chi connectivity index (χ4n) is 3.05. The number of halogens is 1. The van der Waals surface area contributed by atoms with Gasteiger partial charge in [-0.1, -0.05) is 35.6 Å². The molecule has 0 bridgehead atoms. The molecule has 0 fully saturated rings. The number of nitrogens with one attached hydrogen (secondary N) is 2. The van der Waals surface area contributed by atoms with Gasteiger partial charge in [0.15, 0.2) is 5.13 Å². The number of carbonyl (C=O) groups is 1. The van der Waals surface area contributed by atoms with Gasteiger partial charge in [0.1, 0.15) is 5.82 Å². The molecule has 0 atom stereocenters. The van der Waals surface area contributed by atoms with Crippen molar-refractivity contribution in [1.82, 2.24) is 4.98 Å². The van der Waals surface area contributed by atoms with Gasteiger partial charge in [-0.15, -0.1) is 0 Å². The number of aryl methyl sites for hydroxylation is 1. The van der Waals surface area contributed by atoms with Crippen molar-refractivity contribution in [3.05, 3.63) is 101 Å². The molecular formula is C23H18FN3O3S2. The molecule has 0 unspecified atom stereocenters. The molecule has 2 N–H and O–H groups in total. The minimum Gasteiger partial charge on any atom is -0.331 e. The topological polar surface area (TPSA) is 88.2 Å². The third-order valence-electron chi connectivity index (χ3n) is 4.58. The lowest BCUT2D eigenvalue weighted by Crippen LogP contribution is -2.12. The van der Waals surface area contributed by atoms with Crippen molar-refractivity contribution in [1.29, 1.82) is 0 Å². The number of carbonyl (C=O) groups excluding carboxylic acids is 1. The molecule has 0 radical (unpaired) electrons. The Balaban J connectivity index is 1.50. The van der Waals surface area contributed by atoms with Crippen molar-refractivity contribution in [2.24, 2.45) is 0 Å². The molecule has 1 aromatic heterocycles. The molecule has 4 aromatic rings. The highest BCUT2D eigenvalue weighted by Gasteiger charge is 2.16. The number of benzene rings is 3. The summed E-state index contributed by atoms with van der Waals surface area (Å²) in [7, 11) is -3.71. The van der Waals surface area contributed by atoms with Crippen LogP contribution in [0.25, 0.3) is 0 Å². The van der Waals surface area contributed by atoms with E-state index in [1.807, 2.05) is 0 Å². The smallest absolute Gasteiger partial charge is 0.261 e. The van der Waals surface area contributed by atoms with E-state index < -0.39 is 15.8 Å². The summed E-state index contributed by atoms with van der Waals surface area (Å²) < 4.78 is 40.9. The Kier molecular flexibility index (Phi) is 6.02. The van der Waals surface area contributed by atoms with E-state index in [-0.39, 0.29) is 10.7 Å². The first-order valence-corrected chi connectivity index (χ1v) is 11.8. The minimum absolute atomic E-state index is 0.164. The van der Waals surface area contributed by atoms with E-state index in [4.69, 9.17) is 0 Å². The molecule has 9 heteroatoms. The number of aromatic nitrogens is 1. The highest BCUT2D eigenvalue weighted by Crippen LogP contribution is 2.27. The maximum atomic E-state index is 13.3. The van der Waals surface area contributed by atoms with Crippen LogP contribution in [-0.2, 0) is 10.0 Å². The molecular weight excluding hydrogens is 449 g/mol. The summed E-state index contributed by atoms with van der Waals surface area (Å²) in [6, 6.07) is 18.8. The maximum Gasteiger partial charge on any atom is 0.261 e. The third kappa shape index (κ3) is 4.84. The molecule has 0 aliphatic rings. The van der Waals surface area contributed by atoms with Gasteiger partial charge in [-0.25, -0.2) is 17.8 Å². The molecule has 0 spiro atoms. The van der Waals surface area contributed by atoms with Crippen molar-refractivity contribution in [3.63, 3.8) is 0 Å². The van der Waals surface area contributed by atoms with Gasteiger partial charge in [0.2, 0.25) is 5.78 Å². The third-order valence-corrected chi connectivity index (χ3v) is 6.89. The maximum absolute atomic E-state index is 13.3. The summed E-state index contributed by atoms with van der Waals surface area (Å²) in [5.74, 6) is -0.633. The van der Waals surface area contributed by atoms with Crippen LogP contribution in [0.5, 0.6) is 0 Å². The van der Waals surface area contributed by atoms with Crippen LogP contribution in [0.15, 0.2) is 83.9 Å². The molecule has 1 heterocycles. The van der Waals surface area contributed by atoms with Crippen molar-refractivity contribution < 1.29 is 17.6 Å². The van der Waals surface area contributed by atoms with Crippen LogP contribution in [0.1, 0.15) is 20.8 Å². The van der Waals surface area contributed by atoms with Gasteiger partial charge < -0.3 is 5.32 Å². The SMILES string of the molecule is Cc1cc(F)ccc1C(=O)c1cnc(Nc2cccc(NS(=O)(=O)c3ccccc3)c2)s1. The Bertz CT molecular complexity index is 1390. The van der Waals surface area contributed by atoms with Crippen LogP contribution in [0.4, 0.5) is 20.9 Å². The summed E-state index contributed by atoms with van der Waals surface area (Å²) in [5.41, 5.74) is 1.95. The minimum atomic E-state index is -3.71. The number of hydrogen-bond acceptors (Lipinski definition) is 6. The van der Waals surface area contributed by atoms with Crippen LogP contribution in [0.3, 0.4) is 0 Å². The molecule has 0 saturated carbocycles. The van der Waals surface area contributed by atoms with Gasteiger partial charge in [-0.2, -0.15) is 0 Å². The zero-order chi connectivity index (χ0) is 22.7. The van der Waals surface area contributed by atoms with Gasteiger partial charge in [0.05, 0.1) is 21.7 Å². The Morgan fingerprint density at radius 3 is 2.47 bits per heavy atom. The lowest BCUT2D eigenvalue weighted by atomic mass is 10.0.